The SMILES string of the molecule is Cc1ccc(NC(=O)C(Cl)C(=O)c2ccc([N+](=O)[O-])cc2)cc1C. The fraction of sp³-hybridized carbons (Fsp3) is 0.176. The van der Waals surface area contributed by atoms with Crippen molar-refractivity contribution in [3.05, 3.63) is 69.3 Å². The molecule has 6 nitrogen and oxygen atoms in total. The van der Waals surface area contributed by atoms with Gasteiger partial charge in [-0.15, -0.1) is 11.6 Å². The number of rotatable bonds is 5. The largest absolute Gasteiger partial charge is 0.324 e. The molecule has 2 aromatic rings. The number of Topliss-reactive ketones (excluding diaryl/α,β-unsaturated/α-hetero) is 1. The van der Waals surface area contributed by atoms with Crippen LogP contribution in [-0.4, -0.2) is 22.0 Å². The van der Waals surface area contributed by atoms with Crippen molar-refractivity contribution in [3.8, 4) is 0 Å². The summed E-state index contributed by atoms with van der Waals surface area (Å²) in [5, 5.41) is 11.8. The van der Waals surface area contributed by atoms with Gasteiger partial charge in [0.2, 0.25) is 5.91 Å². The molecule has 0 saturated heterocycles. The van der Waals surface area contributed by atoms with Gasteiger partial charge in [-0.05, 0) is 49.2 Å². The molecule has 0 heterocycles. The predicted octanol–water partition coefficient (Wildman–Crippen LogP) is 3.64. The molecule has 7 heteroatoms. The van der Waals surface area contributed by atoms with Crippen molar-refractivity contribution < 1.29 is 14.5 Å². The van der Waals surface area contributed by atoms with E-state index in [-0.39, 0.29) is 11.3 Å². The molecule has 0 aromatic heterocycles. The van der Waals surface area contributed by atoms with Crippen LogP contribution in [0.2, 0.25) is 0 Å². The molecular formula is C17H15ClN2O4. The molecule has 1 amide bonds. The smallest absolute Gasteiger partial charge is 0.269 e. The summed E-state index contributed by atoms with van der Waals surface area (Å²) < 4.78 is 0. The second-order valence-corrected chi connectivity index (χ2v) is 5.76. The highest BCUT2D eigenvalue weighted by molar-refractivity contribution is 6.45. The summed E-state index contributed by atoms with van der Waals surface area (Å²) in [4.78, 5) is 34.4. The number of anilines is 1. The van der Waals surface area contributed by atoms with Crippen LogP contribution >= 0.6 is 11.6 Å². The normalized spacial score (nSPS) is 11.6. The first kappa shape index (κ1) is 17.6. The first-order valence-electron chi connectivity index (χ1n) is 7.10. The Morgan fingerprint density at radius 3 is 2.25 bits per heavy atom. The Morgan fingerprint density at radius 2 is 1.71 bits per heavy atom. The summed E-state index contributed by atoms with van der Waals surface area (Å²) in [7, 11) is 0. The lowest BCUT2D eigenvalue weighted by molar-refractivity contribution is -0.384. The van der Waals surface area contributed by atoms with Crippen molar-refractivity contribution in [1.29, 1.82) is 0 Å². The van der Waals surface area contributed by atoms with Crippen molar-refractivity contribution in [2.24, 2.45) is 0 Å². The maximum absolute atomic E-state index is 12.2. The van der Waals surface area contributed by atoms with Crippen LogP contribution in [0.5, 0.6) is 0 Å². The lowest BCUT2D eigenvalue weighted by Crippen LogP contribution is -2.30. The Bertz CT molecular complexity index is 803. The van der Waals surface area contributed by atoms with Gasteiger partial charge in [0.25, 0.3) is 5.69 Å². The lowest BCUT2D eigenvalue weighted by atomic mass is 10.1. The molecular weight excluding hydrogens is 332 g/mol. The van der Waals surface area contributed by atoms with Crippen LogP contribution in [0.3, 0.4) is 0 Å². The third kappa shape index (κ3) is 3.97. The average Bonchev–Trinajstić information content (AvgIpc) is 2.56. The van der Waals surface area contributed by atoms with E-state index in [1.54, 1.807) is 12.1 Å². The first-order valence-corrected chi connectivity index (χ1v) is 7.54. The monoisotopic (exact) mass is 346 g/mol. The zero-order valence-corrected chi connectivity index (χ0v) is 13.8. The highest BCUT2D eigenvalue weighted by Crippen LogP contribution is 2.18. The Morgan fingerprint density at radius 1 is 1.08 bits per heavy atom. The second kappa shape index (κ2) is 7.23. The highest BCUT2D eigenvalue weighted by atomic mass is 35.5. The third-order valence-corrected chi connectivity index (χ3v) is 3.99. The highest BCUT2D eigenvalue weighted by Gasteiger charge is 2.25. The number of nitro groups is 1. The van der Waals surface area contributed by atoms with E-state index in [0.29, 0.717) is 5.69 Å². The van der Waals surface area contributed by atoms with Gasteiger partial charge >= 0.3 is 0 Å². The minimum Gasteiger partial charge on any atom is -0.324 e. The molecule has 0 radical (unpaired) electrons. The minimum absolute atomic E-state index is 0.135. The zero-order valence-electron chi connectivity index (χ0n) is 13.1. The van der Waals surface area contributed by atoms with Gasteiger partial charge in [0.15, 0.2) is 11.2 Å². The van der Waals surface area contributed by atoms with Crippen molar-refractivity contribution in [3.63, 3.8) is 0 Å². The van der Waals surface area contributed by atoms with Crippen LogP contribution in [-0.2, 0) is 4.79 Å². The molecule has 2 rings (SSSR count). The Balaban J connectivity index is 2.10. The molecule has 0 aliphatic carbocycles. The molecule has 1 atom stereocenters. The summed E-state index contributed by atoms with van der Waals surface area (Å²) in [6.07, 6.45) is 0. The lowest BCUT2D eigenvalue weighted by Gasteiger charge is -2.11. The minimum atomic E-state index is -1.42. The zero-order chi connectivity index (χ0) is 17.9. The fourth-order valence-electron chi connectivity index (χ4n) is 2.04. The van der Waals surface area contributed by atoms with Gasteiger partial charge < -0.3 is 5.32 Å². The van der Waals surface area contributed by atoms with Gasteiger partial charge in [-0.2, -0.15) is 0 Å². The van der Waals surface area contributed by atoms with Gasteiger partial charge in [0.1, 0.15) is 0 Å². The van der Waals surface area contributed by atoms with E-state index >= 15 is 0 Å². The van der Waals surface area contributed by atoms with Crippen molar-refractivity contribution in [1.82, 2.24) is 0 Å². The molecule has 1 N–H and O–H groups in total. The molecule has 0 spiro atoms. The van der Waals surface area contributed by atoms with Crippen LogP contribution in [0.1, 0.15) is 21.5 Å². The van der Waals surface area contributed by atoms with Gasteiger partial charge in [-0.3, -0.25) is 19.7 Å². The van der Waals surface area contributed by atoms with E-state index in [0.717, 1.165) is 11.1 Å². The molecule has 0 saturated carbocycles. The fourth-order valence-corrected chi connectivity index (χ4v) is 2.22. The number of amides is 1. The summed E-state index contributed by atoms with van der Waals surface area (Å²) in [6, 6.07) is 10.3. The third-order valence-electron chi connectivity index (χ3n) is 3.60. The summed E-state index contributed by atoms with van der Waals surface area (Å²) in [6.45, 7) is 3.86. The average molecular weight is 347 g/mol. The maximum Gasteiger partial charge on any atom is 0.269 e. The number of carbonyl (C=O) groups is 2. The molecule has 1 unspecified atom stereocenters. The van der Waals surface area contributed by atoms with E-state index in [1.807, 2.05) is 19.9 Å². The Kier molecular flexibility index (Phi) is 5.31. The summed E-state index contributed by atoms with van der Waals surface area (Å²) in [5.74, 6) is -1.27. The van der Waals surface area contributed by atoms with E-state index in [1.165, 1.54) is 24.3 Å². The number of nitrogens with one attached hydrogen (secondary N) is 1. The molecule has 0 aliphatic rings. The standard InChI is InChI=1S/C17H15ClN2O4/c1-10-3-6-13(9-11(10)2)19-17(22)15(18)16(21)12-4-7-14(8-5-12)20(23)24/h3-9,15H,1-2H3,(H,19,22). The molecule has 2 aromatic carbocycles. The van der Waals surface area contributed by atoms with E-state index < -0.39 is 22.0 Å². The second-order valence-electron chi connectivity index (χ2n) is 5.32. The van der Waals surface area contributed by atoms with E-state index in [2.05, 4.69) is 5.32 Å². The number of nitrogens with zero attached hydrogens (tertiary/aromatic N) is 1. The summed E-state index contributed by atoms with van der Waals surface area (Å²) in [5.41, 5.74) is 2.62. The number of hydrogen-bond donors (Lipinski definition) is 1. The number of benzene rings is 2. The van der Waals surface area contributed by atoms with E-state index in [9.17, 15) is 19.7 Å². The number of nitro benzene ring substituents is 1. The molecule has 0 bridgehead atoms. The molecule has 124 valence electrons. The number of non-ortho nitro benzene ring substituents is 1. The van der Waals surface area contributed by atoms with Gasteiger partial charge in [-0.25, -0.2) is 0 Å². The predicted molar refractivity (Wildman–Crippen MR) is 91.6 cm³/mol. The van der Waals surface area contributed by atoms with Gasteiger partial charge in [0.05, 0.1) is 4.92 Å². The number of halogens is 1. The van der Waals surface area contributed by atoms with Crippen LogP contribution in [0.25, 0.3) is 0 Å². The Labute approximate surface area is 143 Å². The number of carbonyl (C=O) groups excluding carboxylic acids is 2. The molecule has 0 fully saturated rings. The quantitative estimate of drug-likeness (QED) is 0.294. The van der Waals surface area contributed by atoms with Crippen LogP contribution in [0.4, 0.5) is 11.4 Å². The number of hydrogen-bond acceptors (Lipinski definition) is 4. The van der Waals surface area contributed by atoms with E-state index in [4.69, 9.17) is 11.6 Å². The van der Waals surface area contributed by atoms with Crippen LogP contribution in [0, 0.1) is 24.0 Å². The molecule has 24 heavy (non-hydrogen) atoms. The van der Waals surface area contributed by atoms with Crippen LogP contribution in [0.15, 0.2) is 42.5 Å². The van der Waals surface area contributed by atoms with Crippen molar-refractivity contribution in [2.75, 3.05) is 5.32 Å². The maximum atomic E-state index is 12.2. The molecule has 0 aliphatic heterocycles. The van der Waals surface area contributed by atoms with Gasteiger partial charge in [-0.1, -0.05) is 6.07 Å². The summed E-state index contributed by atoms with van der Waals surface area (Å²) >= 11 is 5.94. The van der Waals surface area contributed by atoms with Crippen molar-refractivity contribution in [2.45, 2.75) is 19.2 Å². The number of aryl methyl sites for hydroxylation is 2. The van der Waals surface area contributed by atoms with Gasteiger partial charge in [0, 0.05) is 23.4 Å². The Hall–Kier alpha value is -2.73. The number of alkyl halides is 1. The number of ketones is 1. The first-order chi connectivity index (χ1) is 11.3. The topological polar surface area (TPSA) is 89.3 Å². The van der Waals surface area contributed by atoms with Crippen LogP contribution < -0.4 is 5.32 Å². The van der Waals surface area contributed by atoms with Crippen molar-refractivity contribution >= 4 is 34.7 Å².